The Morgan fingerprint density at radius 3 is 2.46 bits per heavy atom. The summed E-state index contributed by atoms with van der Waals surface area (Å²) in [5.41, 5.74) is 1.72. The van der Waals surface area contributed by atoms with Crippen LogP contribution in [-0.4, -0.2) is 53.1 Å². The molecule has 8 nitrogen and oxygen atoms in total. The van der Waals surface area contributed by atoms with Gasteiger partial charge in [0.25, 0.3) is 11.8 Å². The van der Waals surface area contributed by atoms with Gasteiger partial charge in [0.15, 0.2) is 5.82 Å². The second-order valence-electron chi connectivity index (χ2n) is 9.84. The third kappa shape index (κ3) is 5.70. The minimum absolute atomic E-state index is 0.0151. The van der Waals surface area contributed by atoms with Crippen LogP contribution in [-0.2, 0) is 16.6 Å². The van der Waals surface area contributed by atoms with Crippen molar-refractivity contribution in [2.45, 2.75) is 51.5 Å². The Bertz CT molecular complexity index is 1190. The molecule has 1 aliphatic rings. The third-order valence-corrected chi connectivity index (χ3v) is 6.22. The van der Waals surface area contributed by atoms with E-state index >= 15 is 0 Å². The normalized spacial score (nSPS) is 14.6. The molecule has 0 unspecified atom stereocenters. The Balaban J connectivity index is 1.37. The van der Waals surface area contributed by atoms with Crippen molar-refractivity contribution in [2.24, 2.45) is 0 Å². The molecule has 3 aromatic rings. The SMILES string of the molecule is COc1ccccc1CC(=O)N1CCC(NC(=O)c2ccccc2-c2nc(C(C)(C)C)no2)CC1. The number of carbonyl (C=O) groups excluding carboxylic acids is 2. The standard InChI is InChI=1S/C27H32N4O4/c1-27(2,3)26-29-25(35-30-26)21-11-7-6-10-20(21)24(33)28-19-13-15-31(16-14-19)23(32)17-18-9-5-8-12-22(18)34-4/h5-12,19H,13-17H2,1-4H3,(H,28,33). The highest BCUT2D eigenvalue weighted by Gasteiger charge is 2.27. The number of aromatic nitrogens is 2. The van der Waals surface area contributed by atoms with Gasteiger partial charge in [-0.3, -0.25) is 9.59 Å². The van der Waals surface area contributed by atoms with Gasteiger partial charge >= 0.3 is 0 Å². The quantitative estimate of drug-likeness (QED) is 0.577. The van der Waals surface area contributed by atoms with Crippen LogP contribution in [0.4, 0.5) is 0 Å². The summed E-state index contributed by atoms with van der Waals surface area (Å²) in [6, 6.07) is 14.8. The highest BCUT2D eigenvalue weighted by molar-refractivity contribution is 6.00. The van der Waals surface area contributed by atoms with E-state index in [-0.39, 0.29) is 23.3 Å². The first-order valence-corrected chi connectivity index (χ1v) is 11.9. The maximum absolute atomic E-state index is 13.1. The molecule has 1 saturated heterocycles. The fourth-order valence-corrected chi connectivity index (χ4v) is 4.17. The molecule has 35 heavy (non-hydrogen) atoms. The van der Waals surface area contributed by atoms with Crippen molar-refractivity contribution in [3.8, 4) is 17.2 Å². The van der Waals surface area contributed by atoms with Crippen molar-refractivity contribution in [1.82, 2.24) is 20.4 Å². The summed E-state index contributed by atoms with van der Waals surface area (Å²) < 4.78 is 10.8. The third-order valence-electron chi connectivity index (χ3n) is 6.22. The summed E-state index contributed by atoms with van der Waals surface area (Å²) in [6.07, 6.45) is 1.69. The predicted octanol–water partition coefficient (Wildman–Crippen LogP) is 4.01. The molecule has 0 saturated carbocycles. The number of likely N-dealkylation sites (tertiary alicyclic amines) is 1. The van der Waals surface area contributed by atoms with Crippen molar-refractivity contribution < 1.29 is 18.8 Å². The van der Waals surface area contributed by atoms with Gasteiger partial charge in [-0.2, -0.15) is 4.98 Å². The first kappa shape index (κ1) is 24.4. The monoisotopic (exact) mass is 476 g/mol. The Morgan fingerprint density at radius 2 is 1.77 bits per heavy atom. The average Bonchev–Trinajstić information content (AvgIpc) is 3.36. The summed E-state index contributed by atoms with van der Waals surface area (Å²) in [4.78, 5) is 32.3. The molecule has 184 valence electrons. The highest BCUT2D eigenvalue weighted by Crippen LogP contribution is 2.26. The number of piperidine rings is 1. The van der Waals surface area contributed by atoms with Crippen LogP contribution >= 0.6 is 0 Å². The zero-order valence-electron chi connectivity index (χ0n) is 20.7. The molecule has 0 spiro atoms. The molecule has 1 aliphatic heterocycles. The number of nitrogens with zero attached hydrogens (tertiary/aromatic N) is 3. The molecular weight excluding hydrogens is 444 g/mol. The number of carbonyl (C=O) groups is 2. The molecule has 0 aliphatic carbocycles. The number of rotatable bonds is 6. The van der Waals surface area contributed by atoms with E-state index in [4.69, 9.17) is 9.26 Å². The molecule has 2 heterocycles. The van der Waals surface area contributed by atoms with E-state index < -0.39 is 0 Å². The summed E-state index contributed by atoms with van der Waals surface area (Å²) in [5, 5.41) is 7.21. The van der Waals surface area contributed by atoms with E-state index in [1.807, 2.05) is 68.1 Å². The number of hydrogen-bond acceptors (Lipinski definition) is 6. The van der Waals surface area contributed by atoms with Crippen molar-refractivity contribution in [2.75, 3.05) is 20.2 Å². The van der Waals surface area contributed by atoms with Gasteiger partial charge in [-0.1, -0.05) is 56.3 Å². The molecule has 4 rings (SSSR count). The van der Waals surface area contributed by atoms with Crippen LogP contribution in [0, 0.1) is 0 Å². The Labute approximate surface area is 205 Å². The van der Waals surface area contributed by atoms with E-state index in [9.17, 15) is 9.59 Å². The van der Waals surface area contributed by atoms with Crippen LogP contribution in [0.25, 0.3) is 11.5 Å². The first-order valence-electron chi connectivity index (χ1n) is 11.9. The van der Waals surface area contributed by atoms with Crippen LogP contribution in [0.5, 0.6) is 5.75 Å². The number of para-hydroxylation sites is 1. The van der Waals surface area contributed by atoms with Gasteiger partial charge in [-0.25, -0.2) is 0 Å². The molecule has 8 heteroatoms. The lowest BCUT2D eigenvalue weighted by molar-refractivity contribution is -0.131. The van der Waals surface area contributed by atoms with Gasteiger partial charge in [0.1, 0.15) is 5.75 Å². The largest absolute Gasteiger partial charge is 0.496 e. The van der Waals surface area contributed by atoms with E-state index in [1.54, 1.807) is 13.2 Å². The van der Waals surface area contributed by atoms with Gasteiger partial charge < -0.3 is 19.5 Å². The van der Waals surface area contributed by atoms with E-state index in [2.05, 4.69) is 15.5 Å². The van der Waals surface area contributed by atoms with Crippen molar-refractivity contribution in [3.05, 3.63) is 65.5 Å². The fraction of sp³-hybridized carbons (Fsp3) is 0.407. The number of methoxy groups -OCH3 is 1. The zero-order chi connectivity index (χ0) is 25.0. The van der Waals surface area contributed by atoms with Crippen molar-refractivity contribution in [3.63, 3.8) is 0 Å². The lowest BCUT2D eigenvalue weighted by Crippen LogP contribution is -2.47. The van der Waals surface area contributed by atoms with Crippen LogP contribution in [0.3, 0.4) is 0 Å². The van der Waals surface area contributed by atoms with Crippen LogP contribution in [0.15, 0.2) is 53.1 Å². The van der Waals surface area contributed by atoms with Gasteiger partial charge in [0, 0.05) is 30.1 Å². The van der Waals surface area contributed by atoms with Gasteiger partial charge in [0.2, 0.25) is 5.91 Å². The predicted molar refractivity (Wildman–Crippen MR) is 132 cm³/mol. The van der Waals surface area contributed by atoms with Crippen LogP contribution in [0.1, 0.15) is 55.4 Å². The van der Waals surface area contributed by atoms with Crippen molar-refractivity contribution in [1.29, 1.82) is 0 Å². The number of ether oxygens (including phenoxy) is 1. The molecule has 1 aromatic heterocycles. The Kier molecular flexibility index (Phi) is 7.19. The summed E-state index contributed by atoms with van der Waals surface area (Å²) in [7, 11) is 1.61. The number of amides is 2. The molecule has 1 N–H and O–H groups in total. The summed E-state index contributed by atoms with van der Waals surface area (Å²) in [5.74, 6) is 1.52. The lowest BCUT2D eigenvalue weighted by atomic mass is 9.96. The first-order chi connectivity index (χ1) is 16.8. The van der Waals surface area contributed by atoms with E-state index in [1.165, 1.54) is 0 Å². The smallest absolute Gasteiger partial charge is 0.258 e. The minimum atomic E-state index is -0.254. The van der Waals surface area contributed by atoms with Crippen LogP contribution < -0.4 is 10.1 Å². The zero-order valence-corrected chi connectivity index (χ0v) is 20.7. The maximum Gasteiger partial charge on any atom is 0.258 e. The Hall–Kier alpha value is -3.68. The molecule has 0 radical (unpaired) electrons. The van der Waals surface area contributed by atoms with Crippen LogP contribution in [0.2, 0.25) is 0 Å². The summed E-state index contributed by atoms with van der Waals surface area (Å²) in [6.45, 7) is 7.22. The second kappa shape index (κ2) is 10.3. The van der Waals surface area contributed by atoms with Gasteiger partial charge in [-0.05, 0) is 31.0 Å². The second-order valence-corrected chi connectivity index (χ2v) is 9.84. The van der Waals surface area contributed by atoms with E-state index in [0.717, 1.165) is 11.3 Å². The number of nitrogens with one attached hydrogen (secondary N) is 1. The number of hydrogen-bond donors (Lipinski definition) is 1. The highest BCUT2D eigenvalue weighted by atomic mass is 16.5. The fourth-order valence-electron chi connectivity index (χ4n) is 4.17. The van der Waals surface area contributed by atoms with Crippen molar-refractivity contribution >= 4 is 11.8 Å². The van der Waals surface area contributed by atoms with Gasteiger partial charge in [0.05, 0.1) is 24.7 Å². The number of benzene rings is 2. The molecule has 0 bridgehead atoms. The summed E-state index contributed by atoms with van der Waals surface area (Å²) >= 11 is 0. The molecule has 2 aromatic carbocycles. The van der Waals surface area contributed by atoms with Gasteiger partial charge in [-0.15, -0.1) is 0 Å². The van der Waals surface area contributed by atoms with E-state index in [0.29, 0.717) is 55.2 Å². The average molecular weight is 477 g/mol. The lowest BCUT2D eigenvalue weighted by Gasteiger charge is -2.32. The maximum atomic E-state index is 13.1. The molecule has 0 atom stereocenters. The molecule has 2 amide bonds. The molecule has 1 fully saturated rings. The molecular formula is C27H32N4O4. The Morgan fingerprint density at radius 1 is 1.09 bits per heavy atom. The minimum Gasteiger partial charge on any atom is -0.496 e. The topological polar surface area (TPSA) is 97.6 Å².